The number of hydrogen-bond donors (Lipinski definition) is 0. The number of hydrogen-bond acceptors (Lipinski definition) is 2. The summed E-state index contributed by atoms with van der Waals surface area (Å²) in [6, 6.07) is 6.08. The largest absolute Gasteiger partial charge is 0.416 e. The molecule has 0 bridgehead atoms. The second-order valence-corrected chi connectivity index (χ2v) is 6.58. The Bertz CT molecular complexity index is 800. The third-order valence-corrected chi connectivity index (χ3v) is 3.84. The standard InChI is InChI=1S/C18H24F3N5.HI/c1-12-9-13(2)26(23-12)15-8-7-14(16(10-15)18(19,20)21)11-22-17(24(3)4)25(5)6;/h7-10H,11H2,1-6H3;1H. The molecule has 0 saturated heterocycles. The van der Waals surface area contributed by atoms with Crippen molar-refractivity contribution in [1.82, 2.24) is 19.6 Å². The van der Waals surface area contributed by atoms with Gasteiger partial charge in [0, 0.05) is 33.9 Å². The number of guanidine groups is 1. The van der Waals surface area contributed by atoms with Crippen LogP contribution < -0.4 is 0 Å². The van der Waals surface area contributed by atoms with E-state index in [9.17, 15) is 13.2 Å². The topological polar surface area (TPSA) is 36.7 Å². The molecule has 0 atom stereocenters. The van der Waals surface area contributed by atoms with E-state index in [4.69, 9.17) is 0 Å². The first-order chi connectivity index (χ1) is 12.0. The lowest BCUT2D eigenvalue weighted by molar-refractivity contribution is -0.138. The Morgan fingerprint density at radius 3 is 2.11 bits per heavy atom. The number of aryl methyl sites for hydroxylation is 2. The summed E-state index contributed by atoms with van der Waals surface area (Å²) < 4.78 is 42.3. The summed E-state index contributed by atoms with van der Waals surface area (Å²) in [5, 5.41) is 4.26. The van der Waals surface area contributed by atoms with E-state index >= 15 is 0 Å². The highest BCUT2D eigenvalue weighted by molar-refractivity contribution is 14.0. The maximum Gasteiger partial charge on any atom is 0.416 e. The molecule has 150 valence electrons. The van der Waals surface area contributed by atoms with Crippen LogP contribution in [0.4, 0.5) is 13.2 Å². The van der Waals surface area contributed by atoms with Gasteiger partial charge in [0.05, 0.1) is 23.5 Å². The number of benzene rings is 1. The van der Waals surface area contributed by atoms with Crippen LogP contribution in [0.15, 0.2) is 29.3 Å². The van der Waals surface area contributed by atoms with Gasteiger partial charge in [0.1, 0.15) is 0 Å². The van der Waals surface area contributed by atoms with Crippen LogP contribution in [0.3, 0.4) is 0 Å². The van der Waals surface area contributed by atoms with Crippen molar-refractivity contribution in [2.75, 3.05) is 28.2 Å². The fourth-order valence-electron chi connectivity index (χ4n) is 2.83. The van der Waals surface area contributed by atoms with E-state index in [2.05, 4.69) is 10.1 Å². The molecule has 27 heavy (non-hydrogen) atoms. The molecule has 9 heteroatoms. The van der Waals surface area contributed by atoms with Crippen LogP contribution in [-0.4, -0.2) is 53.7 Å². The molecule has 1 aromatic carbocycles. The minimum Gasteiger partial charge on any atom is -0.349 e. The fourth-order valence-corrected chi connectivity index (χ4v) is 2.83. The van der Waals surface area contributed by atoms with Crippen molar-refractivity contribution in [2.24, 2.45) is 4.99 Å². The maximum absolute atomic E-state index is 13.6. The van der Waals surface area contributed by atoms with Crippen LogP contribution in [0.1, 0.15) is 22.5 Å². The van der Waals surface area contributed by atoms with Gasteiger partial charge in [-0.25, -0.2) is 9.67 Å². The summed E-state index contributed by atoms with van der Waals surface area (Å²) in [6.07, 6.45) is -4.46. The molecule has 0 N–H and O–H groups in total. The molecule has 0 radical (unpaired) electrons. The van der Waals surface area contributed by atoms with Crippen molar-refractivity contribution in [3.63, 3.8) is 0 Å². The van der Waals surface area contributed by atoms with Gasteiger partial charge in [-0.05, 0) is 37.6 Å². The number of halogens is 4. The highest BCUT2D eigenvalue weighted by Crippen LogP contribution is 2.34. The molecule has 0 aliphatic heterocycles. The SMILES string of the molecule is Cc1cc(C)n(-c2ccc(CN=C(N(C)C)N(C)C)c(C(F)(F)F)c2)n1.I. The zero-order valence-electron chi connectivity index (χ0n) is 16.3. The second-order valence-electron chi connectivity index (χ2n) is 6.58. The minimum absolute atomic E-state index is 0. The molecule has 5 nitrogen and oxygen atoms in total. The van der Waals surface area contributed by atoms with E-state index in [0.717, 1.165) is 17.5 Å². The molecule has 2 rings (SSSR count). The molecule has 0 aliphatic carbocycles. The first-order valence-corrected chi connectivity index (χ1v) is 8.13. The van der Waals surface area contributed by atoms with Crippen LogP contribution in [0.5, 0.6) is 0 Å². The lowest BCUT2D eigenvalue weighted by atomic mass is 10.1. The van der Waals surface area contributed by atoms with E-state index in [1.165, 1.54) is 10.7 Å². The Kier molecular flexibility index (Phi) is 7.70. The molecule has 0 amide bonds. The van der Waals surface area contributed by atoms with Gasteiger partial charge in [0.2, 0.25) is 0 Å². The molecular formula is C18H25F3IN5. The smallest absolute Gasteiger partial charge is 0.349 e. The summed E-state index contributed by atoms with van der Waals surface area (Å²) in [5.74, 6) is 0.598. The molecule has 0 saturated carbocycles. The maximum atomic E-state index is 13.6. The molecule has 1 heterocycles. The monoisotopic (exact) mass is 495 g/mol. The van der Waals surface area contributed by atoms with Crippen LogP contribution in [0.25, 0.3) is 5.69 Å². The minimum atomic E-state index is -4.46. The normalized spacial score (nSPS) is 11.0. The Hall–Kier alpha value is -1.78. The van der Waals surface area contributed by atoms with Crippen molar-refractivity contribution in [3.05, 3.63) is 46.8 Å². The molecule has 0 aliphatic rings. The highest BCUT2D eigenvalue weighted by atomic mass is 127. The average Bonchev–Trinajstić information content (AvgIpc) is 2.84. The van der Waals surface area contributed by atoms with E-state index in [0.29, 0.717) is 11.6 Å². The quantitative estimate of drug-likeness (QED) is 0.366. The van der Waals surface area contributed by atoms with Crippen molar-refractivity contribution >= 4 is 29.9 Å². The van der Waals surface area contributed by atoms with Gasteiger partial charge < -0.3 is 9.80 Å². The van der Waals surface area contributed by atoms with Crippen LogP contribution >= 0.6 is 24.0 Å². The third-order valence-electron chi connectivity index (χ3n) is 3.84. The van der Waals surface area contributed by atoms with Gasteiger partial charge in [0.15, 0.2) is 5.96 Å². The predicted molar refractivity (Wildman–Crippen MR) is 112 cm³/mol. The summed E-state index contributed by atoms with van der Waals surface area (Å²) in [6.45, 7) is 3.56. The zero-order chi connectivity index (χ0) is 19.6. The number of aliphatic imine (C=N–C) groups is 1. The number of nitrogens with zero attached hydrogens (tertiary/aromatic N) is 5. The van der Waals surface area contributed by atoms with Gasteiger partial charge in [-0.15, -0.1) is 24.0 Å². The average molecular weight is 495 g/mol. The Labute approximate surface area is 174 Å². The first-order valence-electron chi connectivity index (χ1n) is 8.13. The van der Waals surface area contributed by atoms with Gasteiger partial charge in [0.25, 0.3) is 0 Å². The highest BCUT2D eigenvalue weighted by Gasteiger charge is 2.33. The summed E-state index contributed by atoms with van der Waals surface area (Å²) in [7, 11) is 7.20. The first kappa shape index (κ1) is 23.3. The van der Waals surface area contributed by atoms with Crippen molar-refractivity contribution in [1.29, 1.82) is 0 Å². The van der Waals surface area contributed by atoms with Gasteiger partial charge in [-0.3, -0.25) is 0 Å². The molecular weight excluding hydrogens is 470 g/mol. The molecule has 0 spiro atoms. The summed E-state index contributed by atoms with van der Waals surface area (Å²) >= 11 is 0. The molecule has 1 aromatic heterocycles. The summed E-state index contributed by atoms with van der Waals surface area (Å²) in [4.78, 5) is 7.86. The van der Waals surface area contributed by atoms with Gasteiger partial charge >= 0.3 is 6.18 Å². The second kappa shape index (κ2) is 8.94. The van der Waals surface area contributed by atoms with Crippen molar-refractivity contribution in [2.45, 2.75) is 26.6 Å². The number of alkyl halides is 3. The number of rotatable bonds is 3. The zero-order valence-corrected chi connectivity index (χ0v) is 18.6. The van der Waals surface area contributed by atoms with Crippen molar-refractivity contribution < 1.29 is 13.2 Å². The Balaban J connectivity index is 0.00000364. The van der Waals surface area contributed by atoms with Crippen LogP contribution in [-0.2, 0) is 12.7 Å². The molecule has 0 unspecified atom stereocenters. The molecule has 0 fully saturated rings. The lowest BCUT2D eigenvalue weighted by Gasteiger charge is -2.23. The lowest BCUT2D eigenvalue weighted by Crippen LogP contribution is -2.35. The third kappa shape index (κ3) is 5.60. The van der Waals surface area contributed by atoms with E-state index in [-0.39, 0.29) is 36.1 Å². The number of aromatic nitrogens is 2. The Morgan fingerprint density at radius 2 is 1.67 bits per heavy atom. The van der Waals surface area contributed by atoms with Gasteiger partial charge in [-0.1, -0.05) is 6.07 Å². The van der Waals surface area contributed by atoms with Crippen molar-refractivity contribution in [3.8, 4) is 5.69 Å². The Morgan fingerprint density at radius 1 is 1.07 bits per heavy atom. The molecule has 2 aromatic rings. The fraction of sp³-hybridized carbons (Fsp3) is 0.444. The van der Waals surface area contributed by atoms with Gasteiger partial charge in [-0.2, -0.15) is 18.3 Å². The van der Waals surface area contributed by atoms with Crippen LogP contribution in [0.2, 0.25) is 0 Å². The van der Waals surface area contributed by atoms with E-state index in [1.807, 2.05) is 13.0 Å². The predicted octanol–water partition coefficient (Wildman–Crippen LogP) is 4.11. The summed E-state index contributed by atoms with van der Waals surface area (Å²) in [5.41, 5.74) is 1.36. The van der Waals surface area contributed by atoms with E-state index in [1.54, 1.807) is 51.0 Å². The van der Waals surface area contributed by atoms with E-state index < -0.39 is 11.7 Å². The van der Waals surface area contributed by atoms with Crippen LogP contribution in [0, 0.1) is 13.8 Å².